The number of carboxylic acid groups (broad SMARTS) is 1. The highest BCUT2D eigenvalue weighted by Gasteiger charge is 2.25. The van der Waals surface area contributed by atoms with Gasteiger partial charge in [-0.2, -0.15) is 0 Å². The molecule has 1 N–H and O–H groups in total. The van der Waals surface area contributed by atoms with Crippen molar-refractivity contribution >= 4 is 21.9 Å². The van der Waals surface area contributed by atoms with Gasteiger partial charge in [0.15, 0.2) is 0 Å². The Bertz CT molecular complexity index is 446. The van der Waals surface area contributed by atoms with Gasteiger partial charge in [-0.1, -0.05) is 34.5 Å². The second-order valence-electron chi connectivity index (χ2n) is 6.01. The molecule has 0 aliphatic rings. The first-order valence-electron chi connectivity index (χ1n) is 6.97. The summed E-state index contributed by atoms with van der Waals surface area (Å²) in [6, 6.07) is 8.32. The number of halogens is 1. The number of benzene rings is 1. The van der Waals surface area contributed by atoms with Crippen LogP contribution in [-0.4, -0.2) is 29.6 Å². The first kappa shape index (κ1) is 17.2. The molecule has 0 aliphatic carbocycles. The average Bonchev–Trinajstić information content (AvgIpc) is 2.34. The van der Waals surface area contributed by atoms with Crippen molar-refractivity contribution in [2.45, 2.75) is 39.7 Å². The summed E-state index contributed by atoms with van der Waals surface area (Å²) >= 11 is 3.48. The van der Waals surface area contributed by atoms with E-state index in [1.54, 1.807) is 13.8 Å². The minimum Gasteiger partial charge on any atom is -0.481 e. The first-order chi connectivity index (χ1) is 9.31. The lowest BCUT2D eigenvalue weighted by Crippen LogP contribution is -2.24. The molecule has 112 valence electrons. The molecule has 0 unspecified atom stereocenters. The zero-order valence-electron chi connectivity index (χ0n) is 12.5. The van der Waals surface area contributed by atoms with Gasteiger partial charge in [-0.3, -0.25) is 4.79 Å². The largest absolute Gasteiger partial charge is 0.481 e. The highest BCUT2D eigenvalue weighted by atomic mass is 79.9. The van der Waals surface area contributed by atoms with Crippen LogP contribution >= 0.6 is 15.9 Å². The zero-order chi connectivity index (χ0) is 15.2. The van der Waals surface area contributed by atoms with Crippen LogP contribution in [0.5, 0.6) is 0 Å². The van der Waals surface area contributed by atoms with Crippen molar-refractivity contribution in [1.29, 1.82) is 0 Å². The van der Waals surface area contributed by atoms with Crippen LogP contribution in [0.1, 0.15) is 38.7 Å². The van der Waals surface area contributed by atoms with Gasteiger partial charge >= 0.3 is 5.97 Å². The highest BCUT2D eigenvalue weighted by Crippen LogP contribution is 2.23. The van der Waals surface area contributed by atoms with Crippen LogP contribution < -0.4 is 0 Å². The van der Waals surface area contributed by atoms with Crippen LogP contribution in [0.15, 0.2) is 28.7 Å². The summed E-state index contributed by atoms with van der Waals surface area (Å²) in [5.41, 5.74) is 0.677. The molecule has 0 saturated carbocycles. The molecule has 4 heteroatoms. The molecule has 0 spiro atoms. The Balaban J connectivity index is 2.27. The van der Waals surface area contributed by atoms with E-state index in [4.69, 9.17) is 5.11 Å². The SMILES string of the molecule is CN(CCCCC(C)(C)C(=O)O)Cc1cccc(Br)c1. The lowest BCUT2D eigenvalue weighted by Gasteiger charge is -2.20. The summed E-state index contributed by atoms with van der Waals surface area (Å²) in [5.74, 6) is -0.708. The van der Waals surface area contributed by atoms with E-state index >= 15 is 0 Å². The third-order valence-electron chi connectivity index (χ3n) is 3.51. The molecule has 0 aliphatic heterocycles. The second-order valence-corrected chi connectivity index (χ2v) is 6.93. The molecule has 0 fully saturated rings. The lowest BCUT2D eigenvalue weighted by atomic mass is 9.87. The van der Waals surface area contributed by atoms with Gasteiger partial charge in [0.2, 0.25) is 0 Å². The molecule has 1 aromatic carbocycles. The monoisotopic (exact) mass is 341 g/mol. The molecule has 0 aromatic heterocycles. The van der Waals surface area contributed by atoms with Crippen molar-refractivity contribution in [2.24, 2.45) is 5.41 Å². The molecule has 1 rings (SSSR count). The van der Waals surface area contributed by atoms with Crippen molar-refractivity contribution in [3.05, 3.63) is 34.3 Å². The Morgan fingerprint density at radius 3 is 2.65 bits per heavy atom. The van der Waals surface area contributed by atoms with Crippen molar-refractivity contribution in [3.8, 4) is 0 Å². The molecular weight excluding hydrogens is 318 g/mol. The smallest absolute Gasteiger partial charge is 0.309 e. The van der Waals surface area contributed by atoms with Crippen LogP contribution in [0.3, 0.4) is 0 Å². The van der Waals surface area contributed by atoms with Gasteiger partial charge in [0.1, 0.15) is 0 Å². The van der Waals surface area contributed by atoms with E-state index in [2.05, 4.69) is 40.0 Å². The van der Waals surface area contributed by atoms with Crippen molar-refractivity contribution in [2.75, 3.05) is 13.6 Å². The van der Waals surface area contributed by atoms with Gasteiger partial charge in [-0.25, -0.2) is 0 Å². The minimum atomic E-state index is -0.708. The first-order valence-corrected chi connectivity index (χ1v) is 7.77. The maximum Gasteiger partial charge on any atom is 0.309 e. The van der Waals surface area contributed by atoms with Crippen LogP contribution in [0.4, 0.5) is 0 Å². The zero-order valence-corrected chi connectivity index (χ0v) is 14.1. The quantitative estimate of drug-likeness (QED) is 0.721. The molecule has 20 heavy (non-hydrogen) atoms. The average molecular weight is 342 g/mol. The number of unbranched alkanes of at least 4 members (excludes halogenated alkanes) is 1. The van der Waals surface area contributed by atoms with E-state index in [9.17, 15) is 4.79 Å². The third-order valence-corrected chi connectivity index (χ3v) is 4.01. The predicted molar refractivity (Wildman–Crippen MR) is 85.7 cm³/mol. The molecule has 3 nitrogen and oxygen atoms in total. The maximum absolute atomic E-state index is 11.0. The van der Waals surface area contributed by atoms with Crippen molar-refractivity contribution in [3.63, 3.8) is 0 Å². The van der Waals surface area contributed by atoms with Crippen molar-refractivity contribution < 1.29 is 9.90 Å². The molecule has 0 radical (unpaired) electrons. The number of aliphatic carboxylic acids is 1. The number of carbonyl (C=O) groups is 1. The normalized spacial score (nSPS) is 11.8. The van der Waals surface area contributed by atoms with E-state index in [1.807, 2.05) is 12.1 Å². The summed E-state index contributed by atoms with van der Waals surface area (Å²) in [5, 5.41) is 9.06. The molecule has 1 aromatic rings. The molecule has 0 amide bonds. The molecule has 0 bridgehead atoms. The molecular formula is C16H24BrNO2. The lowest BCUT2D eigenvalue weighted by molar-refractivity contribution is -0.147. The fourth-order valence-corrected chi connectivity index (χ4v) is 2.53. The van der Waals surface area contributed by atoms with E-state index in [0.717, 1.165) is 36.8 Å². The topological polar surface area (TPSA) is 40.5 Å². The molecule has 0 saturated heterocycles. The standard InChI is InChI=1S/C16H24BrNO2/c1-16(2,15(19)20)9-4-5-10-18(3)12-13-7-6-8-14(17)11-13/h6-8,11H,4-5,9-10,12H2,1-3H3,(H,19,20). The number of carboxylic acids is 1. The Labute approximate surface area is 130 Å². The van der Waals surface area contributed by atoms with E-state index in [0.29, 0.717) is 0 Å². The number of nitrogens with zero attached hydrogens (tertiary/aromatic N) is 1. The van der Waals surface area contributed by atoms with Gasteiger partial charge in [0.05, 0.1) is 5.41 Å². The van der Waals surface area contributed by atoms with Gasteiger partial charge in [0.25, 0.3) is 0 Å². The fourth-order valence-electron chi connectivity index (χ4n) is 2.08. The minimum absolute atomic E-state index is 0.608. The molecule has 0 atom stereocenters. The van der Waals surface area contributed by atoms with E-state index in [-0.39, 0.29) is 0 Å². The summed E-state index contributed by atoms with van der Waals surface area (Å²) in [6.45, 7) is 5.49. The van der Waals surface area contributed by atoms with E-state index in [1.165, 1.54) is 5.56 Å². The number of rotatable bonds is 8. The highest BCUT2D eigenvalue weighted by molar-refractivity contribution is 9.10. The predicted octanol–water partition coefficient (Wildman–Crippen LogP) is 4.16. The number of hydrogen-bond donors (Lipinski definition) is 1. The summed E-state index contributed by atoms with van der Waals surface area (Å²) in [6.07, 6.45) is 2.70. The van der Waals surface area contributed by atoms with Crippen LogP contribution in [-0.2, 0) is 11.3 Å². The summed E-state index contributed by atoms with van der Waals surface area (Å²) < 4.78 is 1.10. The van der Waals surface area contributed by atoms with E-state index < -0.39 is 11.4 Å². The summed E-state index contributed by atoms with van der Waals surface area (Å²) in [7, 11) is 2.10. The Morgan fingerprint density at radius 1 is 1.35 bits per heavy atom. The Kier molecular flexibility index (Phi) is 6.69. The second kappa shape index (κ2) is 7.79. The summed E-state index contributed by atoms with van der Waals surface area (Å²) in [4.78, 5) is 13.3. The Morgan fingerprint density at radius 2 is 2.05 bits per heavy atom. The van der Waals surface area contributed by atoms with Gasteiger partial charge in [0, 0.05) is 11.0 Å². The van der Waals surface area contributed by atoms with Crippen molar-refractivity contribution in [1.82, 2.24) is 4.90 Å². The van der Waals surface area contributed by atoms with Gasteiger partial charge in [-0.15, -0.1) is 0 Å². The Hall–Kier alpha value is -0.870. The van der Waals surface area contributed by atoms with Crippen LogP contribution in [0, 0.1) is 5.41 Å². The van der Waals surface area contributed by atoms with Gasteiger partial charge in [-0.05, 0) is 58.0 Å². The number of hydrogen-bond acceptors (Lipinski definition) is 2. The molecule has 0 heterocycles. The van der Waals surface area contributed by atoms with Crippen LogP contribution in [0.2, 0.25) is 0 Å². The fraction of sp³-hybridized carbons (Fsp3) is 0.562. The third kappa shape index (κ3) is 6.06. The maximum atomic E-state index is 11.0. The van der Waals surface area contributed by atoms with Gasteiger partial charge < -0.3 is 10.0 Å². The van der Waals surface area contributed by atoms with Crippen LogP contribution in [0.25, 0.3) is 0 Å².